The summed E-state index contributed by atoms with van der Waals surface area (Å²) in [5, 5.41) is 8.59. The SMILES string of the molecule is O=C(O)Cn1ccn(-c2ccc(F)cc2)c1=O. The van der Waals surface area contributed by atoms with Crippen LogP contribution in [0.4, 0.5) is 4.39 Å². The predicted molar refractivity (Wildman–Crippen MR) is 57.6 cm³/mol. The lowest BCUT2D eigenvalue weighted by molar-refractivity contribution is -0.137. The van der Waals surface area contributed by atoms with Crippen molar-refractivity contribution in [3.05, 3.63) is 53.0 Å². The smallest absolute Gasteiger partial charge is 0.333 e. The first kappa shape index (κ1) is 11.1. The van der Waals surface area contributed by atoms with Crippen LogP contribution >= 0.6 is 0 Å². The first-order valence-electron chi connectivity index (χ1n) is 4.83. The van der Waals surface area contributed by atoms with Gasteiger partial charge in [0.1, 0.15) is 12.4 Å². The Morgan fingerprint density at radius 3 is 2.47 bits per heavy atom. The van der Waals surface area contributed by atoms with Crippen LogP contribution < -0.4 is 5.69 Å². The first-order chi connectivity index (χ1) is 8.08. The maximum Gasteiger partial charge on any atom is 0.333 e. The van der Waals surface area contributed by atoms with Gasteiger partial charge in [-0.15, -0.1) is 0 Å². The Bertz CT molecular complexity index is 598. The van der Waals surface area contributed by atoms with Crippen molar-refractivity contribution in [2.75, 3.05) is 0 Å². The summed E-state index contributed by atoms with van der Waals surface area (Å²) in [6.07, 6.45) is 2.82. The number of hydrogen-bond acceptors (Lipinski definition) is 2. The first-order valence-corrected chi connectivity index (χ1v) is 4.83. The molecule has 0 amide bonds. The van der Waals surface area contributed by atoms with Crippen LogP contribution in [0.25, 0.3) is 5.69 Å². The van der Waals surface area contributed by atoms with Crippen LogP contribution in [-0.2, 0) is 11.3 Å². The van der Waals surface area contributed by atoms with Crippen molar-refractivity contribution in [3.8, 4) is 5.69 Å². The number of rotatable bonds is 3. The summed E-state index contributed by atoms with van der Waals surface area (Å²) in [6, 6.07) is 5.36. The molecule has 1 aromatic carbocycles. The zero-order chi connectivity index (χ0) is 12.4. The molecular weight excluding hydrogens is 227 g/mol. The van der Waals surface area contributed by atoms with Gasteiger partial charge in [0.25, 0.3) is 0 Å². The number of aromatic nitrogens is 2. The molecule has 1 heterocycles. The summed E-state index contributed by atoms with van der Waals surface area (Å²) in [5.41, 5.74) is 0.0135. The van der Waals surface area contributed by atoms with Crippen LogP contribution in [0.5, 0.6) is 0 Å². The van der Waals surface area contributed by atoms with Crippen molar-refractivity contribution in [1.82, 2.24) is 9.13 Å². The Morgan fingerprint density at radius 2 is 1.88 bits per heavy atom. The number of halogens is 1. The van der Waals surface area contributed by atoms with Gasteiger partial charge in [0, 0.05) is 12.4 Å². The molecular formula is C11H9FN2O3. The van der Waals surface area contributed by atoms with Crippen molar-refractivity contribution >= 4 is 5.97 Å². The van der Waals surface area contributed by atoms with E-state index in [-0.39, 0.29) is 0 Å². The average Bonchev–Trinajstić information content (AvgIpc) is 2.61. The average molecular weight is 236 g/mol. The van der Waals surface area contributed by atoms with Crippen molar-refractivity contribution < 1.29 is 14.3 Å². The number of carboxylic acid groups (broad SMARTS) is 1. The third-order valence-corrected chi connectivity index (χ3v) is 2.26. The Hall–Kier alpha value is -2.37. The van der Waals surface area contributed by atoms with Crippen molar-refractivity contribution in [2.45, 2.75) is 6.54 Å². The molecule has 0 fully saturated rings. The van der Waals surface area contributed by atoms with Gasteiger partial charge in [-0.3, -0.25) is 13.9 Å². The molecule has 0 aliphatic carbocycles. The van der Waals surface area contributed by atoms with E-state index in [0.29, 0.717) is 5.69 Å². The second-order valence-electron chi connectivity index (χ2n) is 3.45. The van der Waals surface area contributed by atoms with E-state index in [1.165, 1.54) is 41.2 Å². The number of carboxylic acids is 1. The predicted octanol–water partition coefficient (Wildman–Crippen LogP) is 0.863. The van der Waals surface area contributed by atoms with E-state index in [1.807, 2.05) is 0 Å². The topological polar surface area (TPSA) is 64.2 Å². The minimum absolute atomic E-state index is 0.396. The van der Waals surface area contributed by atoms with Gasteiger partial charge in [-0.05, 0) is 24.3 Å². The summed E-state index contributed by atoms with van der Waals surface area (Å²) in [5.74, 6) is -1.49. The van der Waals surface area contributed by atoms with Gasteiger partial charge in [-0.2, -0.15) is 0 Å². The van der Waals surface area contributed by atoms with E-state index in [2.05, 4.69) is 0 Å². The van der Waals surface area contributed by atoms with E-state index >= 15 is 0 Å². The molecule has 5 nitrogen and oxygen atoms in total. The molecule has 0 spiro atoms. The number of imidazole rings is 1. The highest BCUT2D eigenvalue weighted by Gasteiger charge is 2.07. The van der Waals surface area contributed by atoms with Gasteiger partial charge in [0.15, 0.2) is 0 Å². The summed E-state index contributed by atoms with van der Waals surface area (Å²) in [7, 11) is 0. The fraction of sp³-hybridized carbons (Fsp3) is 0.0909. The summed E-state index contributed by atoms with van der Waals surface area (Å²) < 4.78 is 15.0. The number of aliphatic carboxylic acids is 1. The Labute approximate surface area is 95.3 Å². The molecule has 0 bridgehead atoms. The van der Waals surface area contributed by atoms with Crippen LogP contribution in [0.1, 0.15) is 0 Å². The second-order valence-corrected chi connectivity index (χ2v) is 3.45. The van der Waals surface area contributed by atoms with Crippen LogP contribution in [0.15, 0.2) is 41.5 Å². The summed E-state index contributed by atoms with van der Waals surface area (Å²) in [6.45, 7) is -0.396. The quantitative estimate of drug-likeness (QED) is 0.859. The zero-order valence-corrected chi connectivity index (χ0v) is 8.71. The van der Waals surface area contributed by atoms with Crippen molar-refractivity contribution in [2.24, 2.45) is 0 Å². The lowest BCUT2D eigenvalue weighted by atomic mass is 10.3. The molecule has 0 aliphatic heterocycles. The van der Waals surface area contributed by atoms with Crippen molar-refractivity contribution in [3.63, 3.8) is 0 Å². The second kappa shape index (κ2) is 4.25. The molecule has 0 radical (unpaired) electrons. The van der Waals surface area contributed by atoms with Gasteiger partial charge >= 0.3 is 11.7 Å². The molecule has 0 saturated heterocycles. The highest BCUT2D eigenvalue weighted by Crippen LogP contribution is 2.06. The van der Waals surface area contributed by atoms with Crippen LogP contribution in [0, 0.1) is 5.82 Å². The third kappa shape index (κ3) is 2.25. The molecule has 2 rings (SSSR count). The van der Waals surface area contributed by atoms with Crippen LogP contribution in [0.3, 0.4) is 0 Å². The number of nitrogens with zero attached hydrogens (tertiary/aromatic N) is 2. The van der Waals surface area contributed by atoms with Gasteiger partial charge < -0.3 is 5.11 Å². The number of hydrogen-bond donors (Lipinski definition) is 1. The van der Waals surface area contributed by atoms with Crippen LogP contribution in [0.2, 0.25) is 0 Å². The standard InChI is InChI=1S/C11H9FN2O3/c12-8-1-3-9(4-2-8)14-6-5-13(11(14)17)7-10(15)16/h1-6H,7H2,(H,15,16). The van der Waals surface area contributed by atoms with E-state index in [0.717, 1.165) is 4.57 Å². The summed E-state index contributed by atoms with van der Waals surface area (Å²) >= 11 is 0. The Balaban J connectivity index is 2.40. The lowest BCUT2D eigenvalue weighted by Crippen LogP contribution is -2.25. The van der Waals surface area contributed by atoms with Gasteiger partial charge in [0.2, 0.25) is 0 Å². The maximum absolute atomic E-state index is 12.7. The highest BCUT2D eigenvalue weighted by atomic mass is 19.1. The molecule has 0 aliphatic rings. The molecule has 2 aromatic rings. The molecule has 0 saturated carbocycles. The van der Waals surface area contributed by atoms with Crippen LogP contribution in [-0.4, -0.2) is 20.2 Å². The molecule has 17 heavy (non-hydrogen) atoms. The zero-order valence-electron chi connectivity index (χ0n) is 8.71. The molecule has 1 N–H and O–H groups in total. The van der Waals surface area contributed by atoms with E-state index in [9.17, 15) is 14.0 Å². The van der Waals surface area contributed by atoms with Gasteiger partial charge in [-0.1, -0.05) is 0 Å². The Kier molecular flexibility index (Phi) is 2.78. The molecule has 0 atom stereocenters. The summed E-state index contributed by atoms with van der Waals surface area (Å²) in [4.78, 5) is 22.3. The lowest BCUT2D eigenvalue weighted by Gasteiger charge is -2.00. The highest BCUT2D eigenvalue weighted by molar-refractivity contribution is 5.66. The van der Waals surface area contributed by atoms with Crippen molar-refractivity contribution in [1.29, 1.82) is 0 Å². The normalized spacial score (nSPS) is 10.4. The minimum Gasteiger partial charge on any atom is -0.480 e. The molecule has 0 unspecified atom stereocenters. The van der Waals surface area contributed by atoms with E-state index < -0.39 is 24.0 Å². The fourth-order valence-corrected chi connectivity index (χ4v) is 1.48. The maximum atomic E-state index is 12.7. The minimum atomic E-state index is -1.09. The molecule has 1 aromatic heterocycles. The van der Waals surface area contributed by atoms with E-state index in [1.54, 1.807) is 0 Å². The number of benzene rings is 1. The molecule has 6 heteroatoms. The third-order valence-electron chi connectivity index (χ3n) is 2.26. The molecule has 88 valence electrons. The van der Waals surface area contributed by atoms with Gasteiger partial charge in [0.05, 0.1) is 5.69 Å². The fourth-order valence-electron chi connectivity index (χ4n) is 1.48. The Morgan fingerprint density at radius 1 is 1.24 bits per heavy atom. The monoisotopic (exact) mass is 236 g/mol. The van der Waals surface area contributed by atoms with Gasteiger partial charge in [-0.25, -0.2) is 9.18 Å². The number of carbonyl (C=O) groups is 1. The largest absolute Gasteiger partial charge is 0.480 e. The van der Waals surface area contributed by atoms with E-state index in [4.69, 9.17) is 5.11 Å².